The van der Waals surface area contributed by atoms with Gasteiger partial charge in [0.05, 0.1) is 0 Å². The number of rotatable bonds is 1. The van der Waals surface area contributed by atoms with Crippen molar-refractivity contribution in [1.82, 2.24) is 4.98 Å². The molecule has 0 atom stereocenters. The summed E-state index contributed by atoms with van der Waals surface area (Å²) in [6.45, 7) is 29.8. The summed E-state index contributed by atoms with van der Waals surface area (Å²) in [7, 11) is 0. The summed E-state index contributed by atoms with van der Waals surface area (Å²) in [6.07, 6.45) is 0. The van der Waals surface area contributed by atoms with Crippen molar-refractivity contribution < 1.29 is 9.52 Å². The third-order valence-corrected chi connectivity index (χ3v) is 6.58. The van der Waals surface area contributed by atoms with Gasteiger partial charge < -0.3 is 9.52 Å². The van der Waals surface area contributed by atoms with Gasteiger partial charge in [0.25, 0.3) is 0 Å². The van der Waals surface area contributed by atoms with Gasteiger partial charge in [0.1, 0.15) is 17.0 Å². The minimum absolute atomic E-state index is 0.0179. The second kappa shape index (κ2) is 10.3. The molecule has 0 aliphatic rings. The van der Waals surface area contributed by atoms with E-state index in [-0.39, 0.29) is 33.2 Å². The Morgan fingerprint density at radius 3 is 1.49 bits per heavy atom. The van der Waals surface area contributed by atoms with Crippen LogP contribution in [0.5, 0.6) is 5.75 Å². The van der Waals surface area contributed by atoms with E-state index < -0.39 is 0 Å². The molecule has 0 bridgehead atoms. The highest BCUT2D eigenvalue weighted by Crippen LogP contribution is 2.35. The van der Waals surface area contributed by atoms with Crippen LogP contribution in [0.15, 0.2) is 39.5 Å². The quantitative estimate of drug-likeness (QED) is 0.357. The average molecular weight is 508 g/mol. The van der Waals surface area contributed by atoms with Crippen LogP contribution in [0.1, 0.15) is 131 Å². The fourth-order valence-corrected chi connectivity index (χ4v) is 3.96. The highest BCUT2D eigenvalue weighted by Gasteiger charge is 2.25. The lowest BCUT2D eigenvalue weighted by Gasteiger charge is -2.25. The summed E-state index contributed by atoms with van der Waals surface area (Å²) >= 11 is 0. The summed E-state index contributed by atoms with van der Waals surface area (Å²) in [5.41, 5.74) is 6.26. The molecule has 0 saturated heterocycles. The zero-order valence-electron chi connectivity index (χ0n) is 25.7. The lowest BCUT2D eigenvalue weighted by atomic mass is 9.80. The summed E-state index contributed by atoms with van der Waals surface area (Å²) < 4.78 is 5.66. The number of fused-ring (bicyclic) bond motifs is 1. The molecule has 0 radical (unpaired) electrons. The van der Waals surface area contributed by atoms with E-state index >= 15 is 0 Å². The van der Waals surface area contributed by atoms with E-state index in [0.29, 0.717) is 17.0 Å². The van der Waals surface area contributed by atoms with Crippen LogP contribution in [-0.2, 0) is 21.7 Å². The normalized spacial score (nSPS) is 13.1. The summed E-state index contributed by atoms with van der Waals surface area (Å²) in [4.78, 5) is 16.8. The molecule has 0 spiro atoms. The SMILES string of the molecule is CC(C)(C)c1cc(O)cc(C(C)(C)C)c1.CC(C)c1nc2cc(C(C)(C)C)cc(C(C)(C)C)c2oc1=O. The molecule has 0 saturated carbocycles. The monoisotopic (exact) mass is 507 g/mol. The number of hydrogen-bond donors (Lipinski definition) is 1. The molecule has 2 aromatic carbocycles. The second-order valence-electron chi connectivity index (χ2n) is 14.7. The van der Waals surface area contributed by atoms with Crippen LogP contribution < -0.4 is 5.63 Å². The predicted octanol–water partition coefficient (Wildman–Crippen LogP) is 8.89. The van der Waals surface area contributed by atoms with E-state index in [9.17, 15) is 9.90 Å². The van der Waals surface area contributed by atoms with Crippen LogP contribution in [0.2, 0.25) is 0 Å². The van der Waals surface area contributed by atoms with E-state index in [1.165, 1.54) is 16.7 Å². The highest BCUT2D eigenvalue weighted by molar-refractivity contribution is 5.78. The predicted molar refractivity (Wildman–Crippen MR) is 157 cm³/mol. The Labute approximate surface area is 224 Å². The van der Waals surface area contributed by atoms with Crippen molar-refractivity contribution in [1.29, 1.82) is 0 Å². The molecule has 4 nitrogen and oxygen atoms in total. The zero-order chi connectivity index (χ0) is 28.7. The first-order valence-corrected chi connectivity index (χ1v) is 13.4. The smallest absolute Gasteiger partial charge is 0.358 e. The molecular formula is C33H49NO3. The Balaban J connectivity index is 0.000000281. The minimum Gasteiger partial charge on any atom is -0.508 e. The number of benzene rings is 2. The minimum atomic E-state index is -0.323. The maximum absolute atomic E-state index is 12.2. The first-order chi connectivity index (χ1) is 16.5. The molecule has 0 unspecified atom stereocenters. The van der Waals surface area contributed by atoms with Crippen LogP contribution in [0, 0.1) is 0 Å². The standard InChI is InChI=1S/C19H27NO2.C14H22O/c1-11(2)15-17(21)22-16-13(19(6,7)8)9-12(18(3,4)5)10-14(16)20-15;1-13(2,3)10-7-11(14(4,5)6)9-12(15)8-10/h9-11H,1-8H3;7-9,15H,1-6H3. The molecule has 0 aliphatic carbocycles. The highest BCUT2D eigenvalue weighted by atomic mass is 16.4. The van der Waals surface area contributed by atoms with Gasteiger partial charge >= 0.3 is 5.63 Å². The van der Waals surface area contributed by atoms with Gasteiger partial charge in [-0.1, -0.05) is 109 Å². The van der Waals surface area contributed by atoms with E-state index in [0.717, 1.165) is 11.1 Å². The van der Waals surface area contributed by atoms with Gasteiger partial charge in [-0.3, -0.25) is 0 Å². The number of hydrogen-bond acceptors (Lipinski definition) is 4. The summed E-state index contributed by atoms with van der Waals surface area (Å²) in [5.74, 6) is 0.421. The molecular weight excluding hydrogens is 458 g/mol. The fourth-order valence-electron chi connectivity index (χ4n) is 3.96. The van der Waals surface area contributed by atoms with Crippen molar-refractivity contribution in [3.8, 4) is 5.75 Å². The van der Waals surface area contributed by atoms with Crippen molar-refractivity contribution in [2.45, 2.75) is 125 Å². The summed E-state index contributed by atoms with van der Waals surface area (Å²) in [6, 6.07) is 10.1. The Morgan fingerprint density at radius 1 is 0.676 bits per heavy atom. The average Bonchev–Trinajstić information content (AvgIpc) is 2.69. The van der Waals surface area contributed by atoms with Crippen LogP contribution in [0.25, 0.3) is 11.1 Å². The van der Waals surface area contributed by atoms with Crippen LogP contribution in [-0.4, -0.2) is 10.1 Å². The lowest BCUT2D eigenvalue weighted by Crippen LogP contribution is -2.19. The first-order valence-electron chi connectivity index (χ1n) is 13.4. The van der Waals surface area contributed by atoms with Gasteiger partial charge in [-0.25, -0.2) is 9.78 Å². The zero-order valence-corrected chi connectivity index (χ0v) is 25.7. The van der Waals surface area contributed by atoms with Gasteiger partial charge in [-0.2, -0.15) is 0 Å². The van der Waals surface area contributed by atoms with Gasteiger partial charge in [-0.05, 0) is 56.5 Å². The molecule has 1 aromatic heterocycles. The van der Waals surface area contributed by atoms with Crippen molar-refractivity contribution in [3.63, 3.8) is 0 Å². The van der Waals surface area contributed by atoms with Crippen molar-refractivity contribution in [2.75, 3.05) is 0 Å². The van der Waals surface area contributed by atoms with Gasteiger partial charge in [0.15, 0.2) is 5.58 Å². The van der Waals surface area contributed by atoms with Crippen molar-refractivity contribution in [2.24, 2.45) is 0 Å². The van der Waals surface area contributed by atoms with Gasteiger partial charge in [0, 0.05) is 11.5 Å². The topological polar surface area (TPSA) is 63.3 Å². The Bertz CT molecular complexity index is 1270. The third-order valence-electron chi connectivity index (χ3n) is 6.58. The van der Waals surface area contributed by atoms with Crippen molar-refractivity contribution in [3.05, 3.63) is 68.7 Å². The number of aromatic nitrogens is 1. The van der Waals surface area contributed by atoms with Crippen LogP contribution in [0.4, 0.5) is 0 Å². The molecule has 0 aliphatic heterocycles. The largest absolute Gasteiger partial charge is 0.508 e. The molecule has 204 valence electrons. The maximum atomic E-state index is 12.2. The van der Waals surface area contributed by atoms with Gasteiger partial charge in [0.2, 0.25) is 0 Å². The maximum Gasteiger partial charge on any atom is 0.358 e. The summed E-state index contributed by atoms with van der Waals surface area (Å²) in [5, 5.41) is 9.72. The molecule has 3 rings (SSSR count). The fraction of sp³-hybridized carbons (Fsp3) is 0.576. The van der Waals surface area contributed by atoms with Crippen molar-refractivity contribution >= 4 is 11.1 Å². The number of phenolic OH excluding ortho intramolecular Hbond substituents is 1. The van der Waals surface area contributed by atoms with Crippen LogP contribution in [0.3, 0.4) is 0 Å². The molecule has 3 aromatic rings. The Hall–Kier alpha value is -2.62. The lowest BCUT2D eigenvalue weighted by molar-refractivity contribution is 0.466. The Kier molecular flexibility index (Phi) is 8.49. The number of nitrogens with zero attached hydrogens (tertiary/aromatic N) is 1. The molecule has 0 amide bonds. The second-order valence-corrected chi connectivity index (χ2v) is 14.7. The van der Waals surface area contributed by atoms with Crippen LogP contribution >= 0.6 is 0 Å². The molecule has 4 heteroatoms. The molecule has 0 fully saturated rings. The van der Waals surface area contributed by atoms with E-state index in [1.807, 2.05) is 26.0 Å². The number of aromatic hydroxyl groups is 1. The first kappa shape index (κ1) is 30.6. The van der Waals surface area contributed by atoms with Gasteiger partial charge in [-0.15, -0.1) is 0 Å². The number of phenols is 1. The molecule has 1 heterocycles. The van der Waals surface area contributed by atoms with E-state index in [1.54, 1.807) is 0 Å². The molecule has 37 heavy (non-hydrogen) atoms. The van der Waals surface area contributed by atoms with E-state index in [2.05, 4.69) is 106 Å². The Morgan fingerprint density at radius 2 is 1.11 bits per heavy atom. The third kappa shape index (κ3) is 7.69. The van der Waals surface area contributed by atoms with E-state index in [4.69, 9.17) is 4.42 Å². The molecule has 1 N–H and O–H groups in total.